The Bertz CT molecular complexity index is 1470. The van der Waals surface area contributed by atoms with Gasteiger partial charge in [-0.05, 0) is 66.5 Å². The number of aromatic nitrogens is 2. The number of para-hydroxylation sites is 1. The zero-order chi connectivity index (χ0) is 26.4. The van der Waals surface area contributed by atoms with Crippen LogP contribution in [0.1, 0.15) is 48.0 Å². The number of hydrogen-bond acceptors (Lipinski definition) is 3. The van der Waals surface area contributed by atoms with Gasteiger partial charge in [0.2, 0.25) is 0 Å². The second kappa shape index (κ2) is 11.4. The van der Waals surface area contributed by atoms with E-state index >= 15 is 0 Å². The summed E-state index contributed by atoms with van der Waals surface area (Å²) in [5, 5.41) is 11.6. The van der Waals surface area contributed by atoms with Crippen molar-refractivity contribution in [3.63, 3.8) is 0 Å². The van der Waals surface area contributed by atoms with Crippen molar-refractivity contribution in [1.29, 1.82) is 0 Å². The Kier molecular flexibility index (Phi) is 8.07. The van der Waals surface area contributed by atoms with Crippen LogP contribution in [-0.2, 0) is 4.43 Å². The summed E-state index contributed by atoms with van der Waals surface area (Å²) < 4.78 is 6.19. The number of fused-ring (bicyclic) bond motifs is 1. The minimum absolute atomic E-state index is 0.0543. The van der Waals surface area contributed by atoms with Crippen molar-refractivity contribution in [2.24, 2.45) is 5.41 Å². The average Bonchev–Trinajstić information content (AvgIpc) is 3.28. The van der Waals surface area contributed by atoms with Crippen LogP contribution in [-0.4, -0.2) is 31.2 Å². The zero-order valence-electron chi connectivity index (χ0n) is 22.0. The lowest BCUT2D eigenvalue weighted by atomic mass is 9.89. The highest BCUT2D eigenvalue weighted by molar-refractivity contribution is 6.48. The third-order valence-electron chi connectivity index (χ3n) is 5.80. The molecule has 0 aliphatic rings. The first-order valence-corrected chi connectivity index (χ1v) is 15.3. The van der Waals surface area contributed by atoms with E-state index in [1.54, 1.807) is 12.1 Å². The number of carbonyl (C=O) groups excluding carboxylic acids is 1. The van der Waals surface area contributed by atoms with E-state index in [9.17, 15) is 4.79 Å². The molecule has 37 heavy (non-hydrogen) atoms. The molecule has 0 radical (unpaired) electrons. The highest BCUT2D eigenvalue weighted by Crippen LogP contribution is 2.24. The molecule has 0 aliphatic carbocycles. The van der Waals surface area contributed by atoms with Crippen molar-refractivity contribution < 1.29 is 9.22 Å². The normalized spacial score (nSPS) is 12.5. The third-order valence-corrected chi connectivity index (χ3v) is 6.62. The summed E-state index contributed by atoms with van der Waals surface area (Å²) in [6.45, 7) is 10.8. The first kappa shape index (κ1) is 26.1. The van der Waals surface area contributed by atoms with Gasteiger partial charge in [0.25, 0.3) is 5.91 Å². The van der Waals surface area contributed by atoms with Gasteiger partial charge in [-0.15, -0.1) is 0 Å². The van der Waals surface area contributed by atoms with Crippen LogP contribution in [0, 0.1) is 17.3 Å². The van der Waals surface area contributed by atoms with Crippen LogP contribution < -0.4 is 5.32 Å². The van der Waals surface area contributed by atoms with E-state index in [-0.39, 0.29) is 17.4 Å². The minimum atomic E-state index is -1.22. The Balaban J connectivity index is 1.59. The molecule has 0 saturated heterocycles. The van der Waals surface area contributed by atoms with Gasteiger partial charge in [-0.25, -0.2) is 0 Å². The molecule has 1 amide bonds. The van der Waals surface area contributed by atoms with E-state index in [0.717, 1.165) is 33.4 Å². The summed E-state index contributed by atoms with van der Waals surface area (Å²) in [4.78, 5) is 12.7. The molecule has 4 rings (SSSR count). The molecule has 5 nitrogen and oxygen atoms in total. The van der Waals surface area contributed by atoms with Crippen molar-refractivity contribution in [2.75, 3.05) is 5.32 Å². The van der Waals surface area contributed by atoms with E-state index in [1.165, 1.54) is 0 Å². The van der Waals surface area contributed by atoms with Gasteiger partial charge in [-0.2, -0.15) is 5.10 Å². The standard InChI is InChI=1S/C31H33N3O2Si/c1-31(2,3)29(36-37(4)5)20-16-22-15-18-27-25(21-22)28(34-33-27)19-17-23-11-9-10-14-26(23)32-30(35)24-12-7-6-8-13-24/h6-15,17-19,21,29,37H,1-5H3,(H,32,35)(H,33,34)/b19-17+. The molecule has 0 spiro atoms. The van der Waals surface area contributed by atoms with Crippen molar-refractivity contribution in [1.82, 2.24) is 10.2 Å². The SMILES string of the molecule is C[SiH](C)OC(C#Cc1ccc2[nH]nc(/C=C/c3ccccc3NC(=O)c3ccccc3)c2c1)C(C)(C)C. The predicted molar refractivity (Wildman–Crippen MR) is 156 cm³/mol. The maximum absolute atomic E-state index is 12.7. The molecule has 3 aromatic carbocycles. The molecule has 6 heteroatoms. The van der Waals surface area contributed by atoms with E-state index in [0.29, 0.717) is 5.56 Å². The summed E-state index contributed by atoms with van der Waals surface area (Å²) in [6, 6.07) is 23.0. The molecule has 2 N–H and O–H groups in total. The molecule has 0 fully saturated rings. The minimum Gasteiger partial charge on any atom is -0.406 e. The lowest BCUT2D eigenvalue weighted by Gasteiger charge is -2.28. The first-order valence-electron chi connectivity index (χ1n) is 12.5. The fraction of sp³-hybridized carbons (Fsp3) is 0.226. The van der Waals surface area contributed by atoms with Crippen LogP contribution in [0.25, 0.3) is 23.1 Å². The number of rotatable bonds is 6. The van der Waals surface area contributed by atoms with E-state index in [2.05, 4.69) is 67.3 Å². The fourth-order valence-corrected chi connectivity index (χ4v) is 4.84. The Hall–Kier alpha value is -3.92. The summed E-state index contributed by atoms with van der Waals surface area (Å²) in [7, 11) is -1.22. The average molecular weight is 508 g/mol. The molecule has 0 aliphatic heterocycles. The maximum Gasteiger partial charge on any atom is 0.255 e. The maximum atomic E-state index is 12.7. The summed E-state index contributed by atoms with van der Waals surface area (Å²) >= 11 is 0. The van der Waals surface area contributed by atoms with Gasteiger partial charge in [0.05, 0.1) is 11.2 Å². The molecule has 1 atom stereocenters. The second-order valence-electron chi connectivity index (χ2n) is 10.3. The summed E-state index contributed by atoms with van der Waals surface area (Å²) in [6.07, 6.45) is 3.81. The quantitative estimate of drug-likeness (QED) is 0.224. The Morgan fingerprint density at radius 3 is 2.49 bits per heavy atom. The first-order chi connectivity index (χ1) is 17.7. The molecule has 1 heterocycles. The molecule has 1 aromatic heterocycles. The topological polar surface area (TPSA) is 67.0 Å². The predicted octanol–water partition coefficient (Wildman–Crippen LogP) is 6.75. The largest absolute Gasteiger partial charge is 0.406 e. The van der Waals surface area contributed by atoms with Gasteiger partial charge < -0.3 is 9.74 Å². The van der Waals surface area contributed by atoms with Gasteiger partial charge in [0.1, 0.15) is 6.10 Å². The van der Waals surface area contributed by atoms with Gasteiger partial charge >= 0.3 is 0 Å². The van der Waals surface area contributed by atoms with E-state index in [4.69, 9.17) is 4.43 Å². The number of anilines is 1. The number of H-pyrrole nitrogens is 1. The van der Waals surface area contributed by atoms with E-state index < -0.39 is 9.04 Å². The van der Waals surface area contributed by atoms with Gasteiger partial charge in [0.15, 0.2) is 9.04 Å². The number of hydrogen-bond donors (Lipinski definition) is 2. The number of benzene rings is 3. The van der Waals surface area contributed by atoms with Crippen molar-refractivity contribution in [2.45, 2.75) is 40.0 Å². The molecule has 0 saturated carbocycles. The molecule has 1 unspecified atom stereocenters. The molecular weight excluding hydrogens is 474 g/mol. The number of amides is 1. The van der Waals surface area contributed by atoms with Crippen LogP contribution in [0.3, 0.4) is 0 Å². The lowest BCUT2D eigenvalue weighted by molar-refractivity contribution is 0.102. The van der Waals surface area contributed by atoms with Gasteiger partial charge in [-0.1, -0.05) is 75.1 Å². The number of nitrogens with one attached hydrogen (secondary N) is 2. The smallest absolute Gasteiger partial charge is 0.255 e. The van der Waals surface area contributed by atoms with Crippen LogP contribution in [0.15, 0.2) is 72.8 Å². The Morgan fingerprint density at radius 1 is 1.03 bits per heavy atom. The van der Waals surface area contributed by atoms with E-state index in [1.807, 2.05) is 66.7 Å². The highest BCUT2D eigenvalue weighted by Gasteiger charge is 2.24. The Labute approximate surface area is 220 Å². The monoisotopic (exact) mass is 507 g/mol. The molecule has 4 aromatic rings. The van der Waals surface area contributed by atoms with Gasteiger partial charge in [-0.3, -0.25) is 9.89 Å². The number of nitrogens with zero attached hydrogens (tertiary/aromatic N) is 1. The number of carbonyl (C=O) groups is 1. The third kappa shape index (κ3) is 6.85. The molecular formula is C31H33N3O2Si. The fourth-order valence-electron chi connectivity index (χ4n) is 3.82. The molecule has 0 bridgehead atoms. The molecule has 188 valence electrons. The van der Waals surface area contributed by atoms with Crippen molar-refractivity contribution in [3.8, 4) is 11.8 Å². The van der Waals surface area contributed by atoms with Gasteiger partial charge in [0, 0.05) is 22.2 Å². The second-order valence-corrected chi connectivity index (χ2v) is 12.7. The number of aromatic amines is 1. The van der Waals surface area contributed by atoms with Crippen LogP contribution in [0.2, 0.25) is 13.1 Å². The van der Waals surface area contributed by atoms with Crippen LogP contribution in [0.4, 0.5) is 5.69 Å². The lowest BCUT2D eigenvalue weighted by Crippen LogP contribution is -2.31. The highest BCUT2D eigenvalue weighted by atomic mass is 28.3. The van der Waals surface area contributed by atoms with Crippen molar-refractivity contribution >= 4 is 43.7 Å². The van der Waals surface area contributed by atoms with Crippen LogP contribution >= 0.6 is 0 Å². The summed E-state index contributed by atoms with van der Waals surface area (Å²) in [5.41, 5.74) is 4.85. The van der Waals surface area contributed by atoms with Crippen LogP contribution in [0.5, 0.6) is 0 Å². The van der Waals surface area contributed by atoms with Crippen molar-refractivity contribution in [3.05, 3.63) is 95.2 Å². The summed E-state index contributed by atoms with van der Waals surface area (Å²) in [5.74, 6) is 6.53. The Morgan fingerprint density at radius 2 is 1.76 bits per heavy atom. The zero-order valence-corrected chi connectivity index (χ0v) is 23.2.